The van der Waals surface area contributed by atoms with E-state index in [4.69, 9.17) is 37.5 Å². The van der Waals surface area contributed by atoms with Gasteiger partial charge in [0.15, 0.2) is 11.5 Å². The SMILES string of the molecule is O=C([C@H]1CC(c2ccc(Cl)c(Cl)c2)=NO1)N1CCN(Cc2ccc3c(c2)OCO3)CC1. The van der Waals surface area contributed by atoms with Crippen LogP contribution in [0.15, 0.2) is 41.6 Å². The molecule has 3 aliphatic rings. The maximum Gasteiger partial charge on any atom is 0.266 e. The molecule has 3 heterocycles. The number of piperazine rings is 1. The van der Waals surface area contributed by atoms with Crippen molar-refractivity contribution in [2.24, 2.45) is 5.16 Å². The molecule has 1 atom stereocenters. The molecule has 0 radical (unpaired) electrons. The smallest absolute Gasteiger partial charge is 0.266 e. The monoisotopic (exact) mass is 461 g/mol. The molecule has 0 saturated carbocycles. The molecule has 1 saturated heterocycles. The largest absolute Gasteiger partial charge is 0.454 e. The normalized spacial score (nSPS) is 20.5. The summed E-state index contributed by atoms with van der Waals surface area (Å²) in [5, 5.41) is 5.04. The van der Waals surface area contributed by atoms with Crippen LogP contribution >= 0.6 is 23.2 Å². The Morgan fingerprint density at radius 2 is 1.81 bits per heavy atom. The van der Waals surface area contributed by atoms with Crippen LogP contribution < -0.4 is 9.47 Å². The molecule has 2 aromatic carbocycles. The van der Waals surface area contributed by atoms with E-state index in [2.05, 4.69) is 16.1 Å². The molecule has 7 nitrogen and oxygen atoms in total. The van der Waals surface area contributed by atoms with E-state index in [1.165, 1.54) is 5.56 Å². The van der Waals surface area contributed by atoms with Crippen molar-refractivity contribution < 1.29 is 19.1 Å². The molecule has 2 aromatic rings. The number of rotatable bonds is 4. The van der Waals surface area contributed by atoms with Gasteiger partial charge in [-0.05, 0) is 29.8 Å². The summed E-state index contributed by atoms with van der Waals surface area (Å²) in [5.74, 6) is 1.56. The lowest BCUT2D eigenvalue weighted by Crippen LogP contribution is -2.51. The Bertz CT molecular complexity index is 1040. The summed E-state index contributed by atoms with van der Waals surface area (Å²) in [7, 11) is 0. The van der Waals surface area contributed by atoms with Crippen LogP contribution in [0.25, 0.3) is 0 Å². The van der Waals surface area contributed by atoms with Gasteiger partial charge in [0.25, 0.3) is 5.91 Å². The summed E-state index contributed by atoms with van der Waals surface area (Å²) in [6.07, 6.45) is -0.168. The summed E-state index contributed by atoms with van der Waals surface area (Å²) < 4.78 is 10.8. The molecule has 1 fully saturated rings. The fraction of sp³-hybridized carbons (Fsp3) is 0.364. The van der Waals surface area contributed by atoms with Gasteiger partial charge in [-0.3, -0.25) is 9.69 Å². The molecule has 3 aliphatic heterocycles. The molecule has 0 bridgehead atoms. The van der Waals surface area contributed by atoms with Crippen molar-refractivity contribution in [1.82, 2.24) is 9.80 Å². The maximum atomic E-state index is 12.9. The topological polar surface area (TPSA) is 63.6 Å². The third-order valence-corrected chi connectivity index (χ3v) is 6.46. The first-order valence-corrected chi connectivity index (χ1v) is 10.9. The van der Waals surface area contributed by atoms with E-state index < -0.39 is 6.10 Å². The van der Waals surface area contributed by atoms with E-state index in [0.29, 0.717) is 35.3 Å². The molecule has 5 rings (SSSR count). The lowest BCUT2D eigenvalue weighted by Gasteiger charge is -2.35. The molecular weight excluding hydrogens is 441 g/mol. The molecule has 31 heavy (non-hydrogen) atoms. The average Bonchev–Trinajstić information content (AvgIpc) is 3.45. The van der Waals surface area contributed by atoms with Crippen molar-refractivity contribution >= 4 is 34.8 Å². The van der Waals surface area contributed by atoms with Crippen LogP contribution in [0.5, 0.6) is 11.5 Å². The fourth-order valence-electron chi connectivity index (χ4n) is 3.98. The standard InChI is InChI=1S/C22H21Cl2N3O4/c23-16-3-2-15(10-17(16)24)18-11-21(31-25-18)22(28)27-7-5-26(6-8-27)12-14-1-4-19-20(9-14)30-13-29-19/h1-4,9-10,21H,5-8,11-13H2/t21-/m1/s1. The van der Waals surface area contributed by atoms with Crippen LogP contribution in [0.1, 0.15) is 17.5 Å². The van der Waals surface area contributed by atoms with Gasteiger partial charge in [-0.2, -0.15) is 0 Å². The van der Waals surface area contributed by atoms with Gasteiger partial charge in [0.05, 0.1) is 15.8 Å². The summed E-state index contributed by atoms with van der Waals surface area (Å²) in [6.45, 7) is 4.00. The quantitative estimate of drug-likeness (QED) is 0.696. The molecule has 9 heteroatoms. The highest BCUT2D eigenvalue weighted by molar-refractivity contribution is 6.42. The van der Waals surface area contributed by atoms with Crippen LogP contribution in [0.4, 0.5) is 0 Å². The molecule has 162 valence electrons. The summed E-state index contributed by atoms with van der Waals surface area (Å²) in [5.41, 5.74) is 2.69. The van der Waals surface area contributed by atoms with E-state index in [0.717, 1.165) is 36.7 Å². The molecule has 1 amide bonds. The van der Waals surface area contributed by atoms with Gasteiger partial charge in [0.2, 0.25) is 12.9 Å². The molecular formula is C22H21Cl2N3O4. The number of fused-ring (bicyclic) bond motifs is 1. The first-order chi connectivity index (χ1) is 15.1. The molecule has 0 N–H and O–H groups in total. The minimum absolute atomic E-state index is 0.0264. The predicted octanol–water partition coefficient (Wildman–Crippen LogP) is 3.56. The summed E-state index contributed by atoms with van der Waals surface area (Å²) in [4.78, 5) is 22.6. The van der Waals surface area contributed by atoms with Gasteiger partial charge in [-0.1, -0.05) is 40.5 Å². The predicted molar refractivity (Wildman–Crippen MR) is 117 cm³/mol. The first kappa shape index (κ1) is 20.4. The lowest BCUT2D eigenvalue weighted by atomic mass is 10.0. The Morgan fingerprint density at radius 3 is 2.61 bits per heavy atom. The van der Waals surface area contributed by atoms with E-state index in [-0.39, 0.29) is 12.7 Å². The highest BCUT2D eigenvalue weighted by Gasteiger charge is 2.34. The maximum absolute atomic E-state index is 12.9. The number of carbonyl (C=O) groups is 1. The van der Waals surface area contributed by atoms with E-state index in [1.54, 1.807) is 12.1 Å². The number of ether oxygens (including phenoxy) is 2. The Labute approximate surface area is 190 Å². The van der Waals surface area contributed by atoms with E-state index in [9.17, 15) is 4.79 Å². The van der Waals surface area contributed by atoms with Crippen molar-refractivity contribution in [3.63, 3.8) is 0 Å². The van der Waals surface area contributed by atoms with Crippen LogP contribution in [-0.4, -0.2) is 60.5 Å². The van der Waals surface area contributed by atoms with Crippen LogP contribution in [0.3, 0.4) is 0 Å². The van der Waals surface area contributed by atoms with Crippen molar-refractivity contribution in [3.05, 3.63) is 57.6 Å². The van der Waals surface area contributed by atoms with Crippen molar-refractivity contribution in [3.8, 4) is 11.5 Å². The van der Waals surface area contributed by atoms with Gasteiger partial charge in [0.1, 0.15) is 0 Å². The molecule has 0 aliphatic carbocycles. The number of hydrogen-bond donors (Lipinski definition) is 0. The number of carbonyl (C=O) groups excluding carboxylic acids is 1. The lowest BCUT2D eigenvalue weighted by molar-refractivity contribution is -0.143. The van der Waals surface area contributed by atoms with Gasteiger partial charge in [-0.15, -0.1) is 0 Å². The van der Waals surface area contributed by atoms with E-state index in [1.807, 2.05) is 23.1 Å². The van der Waals surface area contributed by atoms with Crippen molar-refractivity contribution in [1.29, 1.82) is 0 Å². The van der Waals surface area contributed by atoms with Gasteiger partial charge in [0, 0.05) is 44.7 Å². The fourth-order valence-corrected chi connectivity index (χ4v) is 4.28. The zero-order valence-electron chi connectivity index (χ0n) is 16.7. The Morgan fingerprint density at radius 1 is 1.00 bits per heavy atom. The second kappa shape index (κ2) is 8.57. The van der Waals surface area contributed by atoms with Crippen LogP contribution in [0.2, 0.25) is 10.0 Å². The second-order valence-electron chi connectivity index (χ2n) is 7.75. The molecule has 0 spiro atoms. The van der Waals surface area contributed by atoms with E-state index >= 15 is 0 Å². The van der Waals surface area contributed by atoms with Crippen molar-refractivity contribution in [2.45, 2.75) is 19.1 Å². The minimum Gasteiger partial charge on any atom is -0.454 e. The number of nitrogens with zero attached hydrogens (tertiary/aromatic N) is 3. The summed E-state index contributed by atoms with van der Waals surface area (Å²) >= 11 is 12.1. The van der Waals surface area contributed by atoms with Crippen LogP contribution in [-0.2, 0) is 16.2 Å². The molecule has 0 aromatic heterocycles. The first-order valence-electron chi connectivity index (χ1n) is 10.1. The Balaban J connectivity index is 1.13. The minimum atomic E-state index is -0.593. The number of oxime groups is 1. The average molecular weight is 462 g/mol. The Kier molecular flexibility index (Phi) is 5.65. The van der Waals surface area contributed by atoms with Gasteiger partial charge >= 0.3 is 0 Å². The molecule has 0 unspecified atom stereocenters. The highest BCUT2D eigenvalue weighted by atomic mass is 35.5. The third-order valence-electron chi connectivity index (χ3n) is 5.72. The van der Waals surface area contributed by atoms with Crippen molar-refractivity contribution in [2.75, 3.05) is 33.0 Å². The Hall–Kier alpha value is -2.48. The second-order valence-corrected chi connectivity index (χ2v) is 8.57. The number of hydrogen-bond acceptors (Lipinski definition) is 6. The highest BCUT2D eigenvalue weighted by Crippen LogP contribution is 2.33. The third kappa shape index (κ3) is 4.31. The number of amides is 1. The zero-order chi connectivity index (χ0) is 21.4. The summed E-state index contributed by atoms with van der Waals surface area (Å²) in [6, 6.07) is 11.3. The zero-order valence-corrected chi connectivity index (χ0v) is 18.2. The number of benzene rings is 2. The van der Waals surface area contributed by atoms with Crippen LogP contribution in [0, 0.1) is 0 Å². The van der Waals surface area contributed by atoms with Gasteiger partial charge < -0.3 is 19.2 Å². The number of halogens is 2. The van der Waals surface area contributed by atoms with Gasteiger partial charge in [-0.25, -0.2) is 0 Å².